The molecule has 1 fully saturated rings. The minimum absolute atomic E-state index is 0.217. The van der Waals surface area contributed by atoms with Gasteiger partial charge in [0.2, 0.25) is 6.10 Å². The molecule has 0 aromatic heterocycles. The van der Waals surface area contributed by atoms with Gasteiger partial charge in [0, 0.05) is 43.9 Å². The quantitative estimate of drug-likeness (QED) is 0.349. The van der Waals surface area contributed by atoms with Crippen molar-refractivity contribution in [2.75, 3.05) is 13.1 Å². The number of nitrogens with one attached hydrogen (secondary N) is 2. The van der Waals surface area contributed by atoms with Gasteiger partial charge in [-0.2, -0.15) is 5.06 Å². The van der Waals surface area contributed by atoms with E-state index in [0.717, 1.165) is 0 Å². The van der Waals surface area contributed by atoms with E-state index in [2.05, 4.69) is 23.8 Å². The van der Waals surface area contributed by atoms with Gasteiger partial charge in [-0.05, 0) is 27.7 Å². The predicted molar refractivity (Wildman–Crippen MR) is 106 cm³/mol. The van der Waals surface area contributed by atoms with Crippen LogP contribution in [0.5, 0.6) is 0 Å². The first kappa shape index (κ1) is 23.8. The molecule has 1 aliphatic rings. The van der Waals surface area contributed by atoms with Crippen LogP contribution in [0.25, 0.3) is 0 Å². The Bertz CT molecular complexity index is 573. The lowest BCUT2D eigenvalue weighted by Gasteiger charge is -2.53. The summed E-state index contributed by atoms with van der Waals surface area (Å²) in [6, 6.07) is 0. The third kappa shape index (κ3) is 6.45. The summed E-state index contributed by atoms with van der Waals surface area (Å²) in [5.41, 5.74) is -1.17. The van der Waals surface area contributed by atoms with Gasteiger partial charge in [0.25, 0.3) is 11.8 Å². The fraction of sp³-hybridized carbons (Fsp3) is 0.650. The molecule has 1 heterocycles. The third-order valence-electron chi connectivity index (χ3n) is 4.41. The summed E-state index contributed by atoms with van der Waals surface area (Å²) in [7, 11) is 0. The van der Waals surface area contributed by atoms with Crippen molar-refractivity contribution in [1.29, 1.82) is 0 Å². The number of nitrogens with zero attached hydrogens (tertiary/aromatic N) is 1. The van der Waals surface area contributed by atoms with Crippen molar-refractivity contribution >= 4 is 17.8 Å². The molecule has 0 saturated carbocycles. The standard InChI is InChI=1S/C20H33N3O5/c1-8-10-21-17(25)16(18(26)22-11-9-2)28-23-19(4,5)12-15(27-14(3)24)13-20(23,6)7/h8-9,15-16H,1-2,10-13H2,3-7H3,(H,21,25)(H,22,26). The summed E-state index contributed by atoms with van der Waals surface area (Å²) >= 11 is 0. The van der Waals surface area contributed by atoms with Crippen molar-refractivity contribution in [2.24, 2.45) is 0 Å². The van der Waals surface area contributed by atoms with E-state index < -0.39 is 29.0 Å². The molecule has 0 aromatic carbocycles. The van der Waals surface area contributed by atoms with E-state index in [1.165, 1.54) is 19.1 Å². The molecule has 0 aromatic rings. The Balaban J connectivity index is 3.08. The van der Waals surface area contributed by atoms with Crippen LogP contribution in [0.1, 0.15) is 47.5 Å². The van der Waals surface area contributed by atoms with Crippen LogP contribution in [0.3, 0.4) is 0 Å². The monoisotopic (exact) mass is 395 g/mol. The zero-order valence-corrected chi connectivity index (χ0v) is 17.5. The molecule has 158 valence electrons. The Labute approximate surface area is 167 Å². The van der Waals surface area contributed by atoms with Crippen LogP contribution < -0.4 is 10.6 Å². The first-order valence-corrected chi connectivity index (χ1v) is 9.36. The van der Waals surface area contributed by atoms with Crippen molar-refractivity contribution in [2.45, 2.75) is 70.7 Å². The number of esters is 1. The summed E-state index contributed by atoms with van der Waals surface area (Å²) in [6.07, 6.45) is 2.41. The summed E-state index contributed by atoms with van der Waals surface area (Å²) in [4.78, 5) is 42.5. The highest BCUT2D eigenvalue weighted by Gasteiger charge is 2.49. The minimum Gasteiger partial charge on any atom is -0.462 e. The van der Waals surface area contributed by atoms with Crippen LogP contribution >= 0.6 is 0 Å². The van der Waals surface area contributed by atoms with Gasteiger partial charge in [-0.25, -0.2) is 0 Å². The molecule has 0 radical (unpaired) electrons. The second-order valence-electron chi connectivity index (χ2n) is 8.11. The van der Waals surface area contributed by atoms with Crippen LogP contribution in [-0.4, -0.2) is 59.2 Å². The van der Waals surface area contributed by atoms with Crippen LogP contribution in [0.2, 0.25) is 0 Å². The molecule has 1 aliphatic heterocycles. The number of hydroxylamine groups is 2. The first-order chi connectivity index (χ1) is 12.9. The topological polar surface area (TPSA) is 97.0 Å². The minimum atomic E-state index is -1.37. The lowest BCUT2D eigenvalue weighted by atomic mass is 9.80. The van der Waals surface area contributed by atoms with E-state index in [1.54, 1.807) is 5.06 Å². The maximum Gasteiger partial charge on any atom is 0.302 e. The number of hydrogen-bond acceptors (Lipinski definition) is 6. The number of ether oxygens (including phenoxy) is 1. The molecule has 8 heteroatoms. The molecule has 1 rings (SSSR count). The summed E-state index contributed by atoms with van der Waals surface area (Å²) in [5.74, 6) is -1.46. The van der Waals surface area contributed by atoms with Crippen LogP contribution in [0.4, 0.5) is 0 Å². The van der Waals surface area contributed by atoms with Crippen molar-refractivity contribution in [1.82, 2.24) is 15.7 Å². The average molecular weight is 396 g/mol. The number of carbonyl (C=O) groups is 3. The van der Waals surface area contributed by atoms with Crippen LogP contribution in [-0.2, 0) is 24.0 Å². The lowest BCUT2D eigenvalue weighted by molar-refractivity contribution is -0.304. The average Bonchev–Trinajstić information content (AvgIpc) is 2.55. The van der Waals surface area contributed by atoms with E-state index >= 15 is 0 Å². The Morgan fingerprint density at radius 1 is 1.04 bits per heavy atom. The van der Waals surface area contributed by atoms with Gasteiger partial charge in [-0.3, -0.25) is 19.2 Å². The van der Waals surface area contributed by atoms with Gasteiger partial charge in [0.15, 0.2) is 0 Å². The summed E-state index contributed by atoms with van der Waals surface area (Å²) < 4.78 is 5.41. The fourth-order valence-corrected chi connectivity index (χ4v) is 3.63. The van der Waals surface area contributed by atoms with Crippen molar-refractivity contribution in [3.63, 3.8) is 0 Å². The highest BCUT2D eigenvalue weighted by molar-refractivity contribution is 6.03. The Hall–Kier alpha value is -2.19. The van der Waals surface area contributed by atoms with Gasteiger partial charge >= 0.3 is 5.97 Å². The predicted octanol–water partition coefficient (Wildman–Crippen LogP) is 1.48. The Kier molecular flexibility index (Phi) is 8.38. The van der Waals surface area contributed by atoms with E-state index in [9.17, 15) is 14.4 Å². The largest absolute Gasteiger partial charge is 0.462 e. The maximum absolute atomic E-state index is 12.5. The molecule has 28 heavy (non-hydrogen) atoms. The SMILES string of the molecule is C=CCNC(=O)C(ON1C(C)(C)CC(OC(C)=O)CC1(C)C)C(=O)NCC=C. The van der Waals surface area contributed by atoms with Gasteiger partial charge in [0.05, 0.1) is 0 Å². The smallest absolute Gasteiger partial charge is 0.302 e. The molecule has 0 bridgehead atoms. The van der Waals surface area contributed by atoms with Gasteiger partial charge in [-0.1, -0.05) is 12.2 Å². The summed E-state index contributed by atoms with van der Waals surface area (Å²) in [5, 5.41) is 6.88. The molecule has 0 atom stereocenters. The number of piperidine rings is 1. The molecule has 0 unspecified atom stereocenters. The third-order valence-corrected chi connectivity index (χ3v) is 4.41. The number of amides is 2. The van der Waals surface area contributed by atoms with Crippen molar-refractivity contribution in [3.05, 3.63) is 25.3 Å². The first-order valence-electron chi connectivity index (χ1n) is 9.36. The second kappa shape index (κ2) is 9.84. The second-order valence-corrected chi connectivity index (χ2v) is 8.11. The highest BCUT2D eigenvalue weighted by Crippen LogP contribution is 2.40. The molecule has 1 saturated heterocycles. The zero-order chi connectivity index (χ0) is 21.5. The van der Waals surface area contributed by atoms with Gasteiger partial charge < -0.3 is 15.4 Å². The van der Waals surface area contributed by atoms with E-state index in [0.29, 0.717) is 12.8 Å². The van der Waals surface area contributed by atoms with E-state index in [-0.39, 0.29) is 25.2 Å². The highest BCUT2D eigenvalue weighted by atomic mass is 16.7. The number of rotatable bonds is 9. The molecule has 2 amide bonds. The van der Waals surface area contributed by atoms with Crippen LogP contribution in [0.15, 0.2) is 25.3 Å². The lowest BCUT2D eigenvalue weighted by Crippen LogP contribution is -2.65. The molecule has 8 nitrogen and oxygen atoms in total. The van der Waals surface area contributed by atoms with Crippen molar-refractivity contribution < 1.29 is 24.0 Å². The Morgan fingerprint density at radius 2 is 1.46 bits per heavy atom. The molecule has 2 N–H and O–H groups in total. The van der Waals surface area contributed by atoms with Gasteiger partial charge in [0.1, 0.15) is 6.10 Å². The molecular weight excluding hydrogens is 362 g/mol. The van der Waals surface area contributed by atoms with Crippen molar-refractivity contribution in [3.8, 4) is 0 Å². The van der Waals surface area contributed by atoms with E-state index in [4.69, 9.17) is 9.57 Å². The summed E-state index contributed by atoms with van der Waals surface area (Å²) in [6.45, 7) is 16.6. The normalized spacial score (nSPS) is 18.9. The zero-order valence-electron chi connectivity index (χ0n) is 17.5. The molecule has 0 aliphatic carbocycles. The number of hydrogen-bond donors (Lipinski definition) is 2. The Morgan fingerprint density at radius 3 is 1.82 bits per heavy atom. The van der Waals surface area contributed by atoms with Crippen LogP contribution in [0, 0.1) is 0 Å². The van der Waals surface area contributed by atoms with E-state index in [1.807, 2.05) is 27.7 Å². The molecule has 0 spiro atoms. The maximum atomic E-state index is 12.5. The fourth-order valence-electron chi connectivity index (χ4n) is 3.63. The number of carbonyl (C=O) groups excluding carboxylic acids is 3. The molecular formula is C20H33N3O5. The van der Waals surface area contributed by atoms with Gasteiger partial charge in [-0.15, -0.1) is 13.2 Å².